The molecule has 10 nitrogen and oxygen atoms in total. The molecule has 306 valence electrons. The van der Waals surface area contributed by atoms with Crippen LogP contribution in [-0.4, -0.2) is 61.5 Å². The van der Waals surface area contributed by atoms with Gasteiger partial charge in [0.2, 0.25) is 0 Å². The molecule has 0 spiro atoms. The molecule has 0 heterocycles. The van der Waals surface area contributed by atoms with Crippen LogP contribution in [0.2, 0.25) is 0 Å². The molecule has 0 aliphatic heterocycles. The van der Waals surface area contributed by atoms with Crippen molar-refractivity contribution in [2.45, 2.75) is 232 Å². The van der Waals surface area contributed by atoms with Crippen molar-refractivity contribution in [2.24, 2.45) is 5.73 Å². The summed E-state index contributed by atoms with van der Waals surface area (Å²) < 4.78 is 40.8. The molecule has 0 rings (SSSR count). The predicted octanol–water partition coefficient (Wildman–Crippen LogP) is 10.3. The quantitative estimate of drug-likeness (QED) is 0.0323. The number of rotatable bonds is 35. The van der Waals surface area contributed by atoms with Crippen LogP contribution >= 0.6 is 0 Å². The first kappa shape index (κ1) is 51.8. The van der Waals surface area contributed by atoms with Gasteiger partial charge in [0.1, 0.15) is 17.8 Å². The lowest BCUT2D eigenvalue weighted by atomic mass is 9.91. The summed E-state index contributed by atoms with van der Waals surface area (Å²) in [6, 6.07) is 0. The molecule has 51 heavy (non-hydrogen) atoms. The first-order valence-corrected chi connectivity index (χ1v) is 22.1. The van der Waals surface area contributed by atoms with Gasteiger partial charge in [0.25, 0.3) is 0 Å². The molecule has 0 aliphatic rings. The van der Waals surface area contributed by atoms with E-state index in [-0.39, 0.29) is 24.9 Å². The molecule has 0 aliphatic carbocycles. The van der Waals surface area contributed by atoms with Crippen LogP contribution in [0, 0.1) is 0 Å². The summed E-state index contributed by atoms with van der Waals surface area (Å²) in [4.78, 5) is 24.8. The minimum atomic E-state index is -4.16. The molecule has 0 bridgehead atoms. The maximum atomic E-state index is 12.4. The Morgan fingerprint density at radius 1 is 0.588 bits per heavy atom. The van der Waals surface area contributed by atoms with Gasteiger partial charge in [-0.2, -0.15) is 8.42 Å². The summed E-state index contributed by atoms with van der Waals surface area (Å²) >= 11 is 0. The standard InChI is InChI=1S/C39H77NO5.CH4O4S/c1-5-7-9-11-13-15-17-19-21-23-25-27-29-31-37(41)44-35(3)33-39(43,34-40)36(4)45-38(42)32-30-28-26-24-22-20-18-16-14-12-10-8-6-2;1-5-6(2,3)4/h35-36,43H,5-34,40H2,1-4H3;1H3,(H,2,3,4). The van der Waals surface area contributed by atoms with Crippen molar-refractivity contribution >= 4 is 22.3 Å². The summed E-state index contributed by atoms with van der Waals surface area (Å²) in [6.07, 6.45) is 32.4. The van der Waals surface area contributed by atoms with Gasteiger partial charge in [-0.3, -0.25) is 18.3 Å². The molecule has 4 N–H and O–H groups in total. The van der Waals surface area contributed by atoms with E-state index < -0.39 is 28.2 Å². The van der Waals surface area contributed by atoms with Crippen LogP contribution < -0.4 is 5.73 Å². The van der Waals surface area contributed by atoms with Crippen molar-refractivity contribution in [2.75, 3.05) is 13.7 Å². The highest BCUT2D eigenvalue weighted by molar-refractivity contribution is 7.80. The Hall–Kier alpha value is -1.27. The first-order chi connectivity index (χ1) is 24.3. The van der Waals surface area contributed by atoms with Crippen LogP contribution in [0.25, 0.3) is 0 Å². The fraction of sp³-hybridized carbons (Fsp3) is 0.950. The van der Waals surface area contributed by atoms with Gasteiger partial charge in [0.05, 0.1) is 7.11 Å². The number of hydrogen-bond donors (Lipinski definition) is 3. The zero-order valence-electron chi connectivity index (χ0n) is 33.6. The Kier molecular flexibility index (Phi) is 36.3. The van der Waals surface area contributed by atoms with Crippen LogP contribution in [0.1, 0.15) is 214 Å². The summed E-state index contributed by atoms with van der Waals surface area (Å²) in [5.74, 6) is -0.540. The summed E-state index contributed by atoms with van der Waals surface area (Å²) in [7, 11) is -3.29. The molecule has 0 radical (unpaired) electrons. The highest BCUT2D eigenvalue weighted by atomic mass is 32.3. The largest absolute Gasteiger partial charge is 0.463 e. The normalized spacial score (nSPS) is 13.9. The molecule has 0 amide bonds. The molecule has 3 atom stereocenters. The van der Waals surface area contributed by atoms with E-state index in [2.05, 4.69) is 18.0 Å². The number of esters is 2. The third-order valence-corrected chi connectivity index (χ3v) is 9.99. The monoisotopic (exact) mass is 752 g/mol. The van der Waals surface area contributed by atoms with Crippen molar-refractivity contribution in [3.8, 4) is 0 Å². The first-order valence-electron chi connectivity index (χ1n) is 20.7. The third-order valence-electron chi connectivity index (χ3n) is 9.57. The van der Waals surface area contributed by atoms with Gasteiger partial charge in [-0.15, -0.1) is 0 Å². The van der Waals surface area contributed by atoms with E-state index in [1.165, 1.54) is 128 Å². The summed E-state index contributed by atoms with van der Waals surface area (Å²) in [5, 5.41) is 11.1. The number of carbonyl (C=O) groups excluding carboxylic acids is 2. The van der Waals surface area contributed by atoms with Crippen molar-refractivity contribution in [1.82, 2.24) is 0 Å². The maximum absolute atomic E-state index is 12.4. The number of ether oxygens (including phenoxy) is 2. The topological polar surface area (TPSA) is 162 Å². The van der Waals surface area contributed by atoms with Crippen molar-refractivity contribution in [3.63, 3.8) is 0 Å². The predicted molar refractivity (Wildman–Crippen MR) is 209 cm³/mol. The summed E-state index contributed by atoms with van der Waals surface area (Å²) in [6.45, 7) is 7.90. The van der Waals surface area contributed by atoms with E-state index in [1.54, 1.807) is 13.8 Å². The molecule has 3 unspecified atom stereocenters. The average molecular weight is 752 g/mol. The Balaban J connectivity index is 0. The SMILES string of the molecule is CCCCCCCCCCCCCCCC(=O)OC(C)CC(O)(CN)C(C)OC(=O)CCCCCCCCCCCCCCC.COS(=O)(=O)O. The lowest BCUT2D eigenvalue weighted by Crippen LogP contribution is -2.51. The lowest BCUT2D eigenvalue weighted by Gasteiger charge is -2.34. The van der Waals surface area contributed by atoms with E-state index in [1.807, 2.05) is 0 Å². The van der Waals surface area contributed by atoms with Gasteiger partial charge >= 0.3 is 22.3 Å². The molecule has 0 saturated heterocycles. The van der Waals surface area contributed by atoms with Crippen LogP contribution in [0.5, 0.6) is 0 Å². The molecular formula is C40H81NO9S. The Morgan fingerprint density at radius 2 is 0.863 bits per heavy atom. The van der Waals surface area contributed by atoms with Gasteiger partial charge in [-0.05, 0) is 26.7 Å². The van der Waals surface area contributed by atoms with Crippen LogP contribution in [0.3, 0.4) is 0 Å². The Morgan fingerprint density at radius 3 is 1.14 bits per heavy atom. The number of hydrogen-bond acceptors (Lipinski definition) is 9. The number of nitrogens with two attached hydrogens (primary N) is 1. The number of aliphatic hydroxyl groups is 1. The van der Waals surface area contributed by atoms with E-state index >= 15 is 0 Å². The molecular weight excluding hydrogens is 671 g/mol. The smallest absolute Gasteiger partial charge is 0.397 e. The minimum absolute atomic E-state index is 0.0685. The second-order valence-corrected chi connectivity index (χ2v) is 15.7. The minimum Gasteiger partial charge on any atom is -0.463 e. The molecule has 0 aromatic carbocycles. The Bertz CT molecular complexity index is 902. The van der Waals surface area contributed by atoms with Gasteiger partial charge in [-0.1, -0.05) is 168 Å². The van der Waals surface area contributed by atoms with E-state index in [9.17, 15) is 23.1 Å². The maximum Gasteiger partial charge on any atom is 0.397 e. The van der Waals surface area contributed by atoms with Crippen molar-refractivity contribution < 1.29 is 41.3 Å². The second kappa shape index (κ2) is 35.7. The average Bonchev–Trinajstić information content (AvgIpc) is 3.08. The number of carbonyl (C=O) groups is 2. The lowest BCUT2D eigenvalue weighted by molar-refractivity contribution is -0.170. The molecule has 0 aromatic rings. The highest BCUT2D eigenvalue weighted by Crippen LogP contribution is 2.23. The molecule has 0 saturated carbocycles. The fourth-order valence-corrected chi connectivity index (χ4v) is 6.18. The molecule has 11 heteroatoms. The fourth-order valence-electron chi connectivity index (χ4n) is 6.18. The van der Waals surface area contributed by atoms with E-state index in [0.29, 0.717) is 12.8 Å². The second-order valence-electron chi connectivity index (χ2n) is 14.5. The van der Waals surface area contributed by atoms with Gasteiger partial charge in [-0.25, -0.2) is 0 Å². The van der Waals surface area contributed by atoms with E-state index in [4.69, 9.17) is 19.8 Å². The van der Waals surface area contributed by atoms with Crippen molar-refractivity contribution in [3.05, 3.63) is 0 Å². The highest BCUT2D eigenvalue weighted by Gasteiger charge is 2.37. The van der Waals surface area contributed by atoms with Gasteiger partial charge in [0.15, 0.2) is 0 Å². The molecule has 0 fully saturated rings. The number of unbranched alkanes of at least 4 members (excludes halogenated alkanes) is 24. The third kappa shape index (κ3) is 36.9. The van der Waals surface area contributed by atoms with Gasteiger partial charge < -0.3 is 20.3 Å². The molecule has 0 aromatic heterocycles. The van der Waals surface area contributed by atoms with Crippen molar-refractivity contribution in [1.29, 1.82) is 0 Å². The summed E-state index contributed by atoms with van der Waals surface area (Å²) in [5.41, 5.74) is 4.47. The van der Waals surface area contributed by atoms with Crippen LogP contribution in [-0.2, 0) is 33.6 Å². The van der Waals surface area contributed by atoms with E-state index in [0.717, 1.165) is 45.6 Å². The zero-order valence-corrected chi connectivity index (χ0v) is 34.4. The van der Waals surface area contributed by atoms with Crippen LogP contribution in [0.4, 0.5) is 0 Å². The Labute approximate surface area is 314 Å². The zero-order chi connectivity index (χ0) is 38.6. The van der Waals surface area contributed by atoms with Crippen LogP contribution in [0.15, 0.2) is 0 Å². The van der Waals surface area contributed by atoms with Gasteiger partial charge in [0, 0.05) is 25.8 Å².